The molecule has 2 aromatic carbocycles. The van der Waals surface area contributed by atoms with Gasteiger partial charge in [-0.3, -0.25) is 28.7 Å². The zero-order chi connectivity index (χ0) is 48.9. The predicted octanol–water partition coefficient (Wildman–Crippen LogP) is 6.19. The lowest BCUT2D eigenvalue weighted by Gasteiger charge is -2.35. The van der Waals surface area contributed by atoms with Crippen molar-refractivity contribution in [2.45, 2.75) is 112 Å². The molecule has 68 heavy (non-hydrogen) atoms. The lowest BCUT2D eigenvalue weighted by Crippen LogP contribution is -2.58. The Morgan fingerprint density at radius 2 is 1.60 bits per heavy atom. The first-order valence-electron chi connectivity index (χ1n) is 23.1. The van der Waals surface area contributed by atoms with Crippen LogP contribution in [0.2, 0.25) is 0 Å². The molecule has 0 bridgehead atoms. The number of rotatable bonds is 18. The van der Waals surface area contributed by atoms with Crippen LogP contribution >= 0.6 is 22.7 Å². The van der Waals surface area contributed by atoms with Crippen LogP contribution in [-0.4, -0.2) is 117 Å². The van der Waals surface area contributed by atoms with Gasteiger partial charge in [-0.1, -0.05) is 74.9 Å². The van der Waals surface area contributed by atoms with Crippen molar-refractivity contribution < 1.29 is 33.8 Å². The number of likely N-dealkylation sites (tertiary alicyclic amines) is 1. The number of hydrogen-bond acceptors (Lipinski definition) is 13. The van der Waals surface area contributed by atoms with E-state index >= 15 is 0 Å². The highest BCUT2D eigenvalue weighted by Crippen LogP contribution is 2.40. The molecule has 5 aromatic rings. The molecular formula is C50H63N9O7S2. The van der Waals surface area contributed by atoms with Crippen LogP contribution in [0, 0.1) is 40.0 Å². The zero-order valence-electron chi connectivity index (χ0n) is 40.3. The Morgan fingerprint density at radius 3 is 2.29 bits per heavy atom. The van der Waals surface area contributed by atoms with Gasteiger partial charge in [0.25, 0.3) is 0 Å². The molecule has 2 aliphatic heterocycles. The molecular weight excluding hydrogens is 903 g/mol. The third kappa shape index (κ3) is 11.6. The smallest absolute Gasteiger partial charge is 0.246 e. The molecule has 5 heterocycles. The highest BCUT2D eigenvalue weighted by atomic mass is 32.1. The summed E-state index contributed by atoms with van der Waals surface area (Å²) in [6.45, 7) is 18.3. The van der Waals surface area contributed by atoms with E-state index < -0.39 is 41.5 Å². The topological polar surface area (TPSA) is 202 Å². The van der Waals surface area contributed by atoms with Crippen molar-refractivity contribution in [3.8, 4) is 15.4 Å². The van der Waals surface area contributed by atoms with E-state index in [1.807, 2.05) is 82.8 Å². The monoisotopic (exact) mass is 965 g/mol. The maximum Gasteiger partial charge on any atom is 0.246 e. The highest BCUT2D eigenvalue weighted by Gasteiger charge is 2.45. The molecule has 4 N–H and O–H groups in total. The van der Waals surface area contributed by atoms with Gasteiger partial charge >= 0.3 is 0 Å². The molecule has 1 saturated heterocycles. The van der Waals surface area contributed by atoms with Crippen molar-refractivity contribution in [2.75, 3.05) is 39.5 Å². The number of nitrogens with one attached hydrogen (secondary N) is 3. The third-order valence-corrected chi connectivity index (χ3v) is 14.6. The second kappa shape index (κ2) is 21.7. The van der Waals surface area contributed by atoms with Crippen LogP contribution in [0.4, 0.5) is 0 Å². The Labute approximate surface area is 406 Å². The number of aliphatic imine (C=N–C) groups is 1. The molecule has 4 amide bonds. The maximum atomic E-state index is 14.1. The van der Waals surface area contributed by atoms with Crippen LogP contribution in [0.3, 0.4) is 0 Å². The van der Waals surface area contributed by atoms with Crippen LogP contribution in [0.15, 0.2) is 59.0 Å². The van der Waals surface area contributed by atoms with Crippen LogP contribution < -0.4 is 16.0 Å². The molecule has 362 valence electrons. The number of β-amino-alcohol motifs (C(OH)–C–C–N with tert-alkyl or cyclic N) is 1. The van der Waals surface area contributed by atoms with Crippen molar-refractivity contribution in [1.29, 1.82) is 0 Å². The number of hydrogen-bond donors (Lipinski definition) is 4. The number of thiazole rings is 1. The van der Waals surface area contributed by atoms with Crippen LogP contribution in [0.1, 0.15) is 109 Å². The number of nitrogens with zero attached hydrogens (tertiary/aromatic N) is 6. The SMILES string of the molecule is Cc1ccc(C2=NC(CC(=O)NCCOCCCOCC(=O)N[C@H](C(=O)N3C[C@@H](O)CC3C(=O)N[C@@H](C)c3ccc(-c4scnc4C)cc3)C(C)(C)C)c3nnc(C)n3-c3sc(C)c(C)c32)cc1. The summed E-state index contributed by atoms with van der Waals surface area (Å²) in [6, 6.07) is 13.4. The molecule has 1 fully saturated rings. The van der Waals surface area contributed by atoms with Gasteiger partial charge in [0.1, 0.15) is 35.6 Å². The minimum Gasteiger partial charge on any atom is -0.391 e. The molecule has 7 rings (SSSR count). The molecule has 0 saturated carbocycles. The second-order valence-electron chi connectivity index (χ2n) is 18.7. The summed E-state index contributed by atoms with van der Waals surface area (Å²) in [5, 5.41) is 29.3. The summed E-state index contributed by atoms with van der Waals surface area (Å²) < 4.78 is 13.4. The van der Waals surface area contributed by atoms with Crippen LogP contribution in [-0.2, 0) is 28.7 Å². The normalized spacial score (nSPS) is 17.7. The second-order valence-corrected chi connectivity index (χ2v) is 20.8. The lowest BCUT2D eigenvalue weighted by molar-refractivity contribution is -0.144. The van der Waals surface area contributed by atoms with E-state index in [2.05, 4.69) is 69.2 Å². The van der Waals surface area contributed by atoms with E-state index in [-0.39, 0.29) is 57.1 Å². The number of thiophene rings is 1. The number of amides is 4. The van der Waals surface area contributed by atoms with Crippen molar-refractivity contribution in [2.24, 2.45) is 10.4 Å². The molecule has 3 aromatic heterocycles. The summed E-state index contributed by atoms with van der Waals surface area (Å²) in [7, 11) is 0. The maximum absolute atomic E-state index is 14.1. The van der Waals surface area contributed by atoms with Crippen molar-refractivity contribution >= 4 is 52.0 Å². The van der Waals surface area contributed by atoms with Crippen LogP contribution in [0.5, 0.6) is 0 Å². The Balaban J connectivity index is 0.840. The number of benzene rings is 2. The van der Waals surface area contributed by atoms with Crippen LogP contribution in [0.25, 0.3) is 15.4 Å². The average Bonchev–Trinajstić information content (AvgIpc) is 4.07. The standard InChI is InChI=1S/C50H63N9O7S2/c1-28-11-13-35(14-12-28)43-42-29(2)32(5)68-49(42)59-33(6)56-57-46(59)38(54-43)24-40(61)51-19-22-65-20-10-21-66-26-41(62)55-45(50(7,8)9)48(64)58-25-37(60)23-39(58)47(63)53-30(3)34-15-17-36(18-16-34)44-31(4)52-27-67-44/h11-18,27,30,37-39,45,60H,10,19-26H2,1-9H3,(H,51,61)(H,53,63)(H,55,62)/t30-,37-,38?,39?,45+/m0/s1. The van der Waals surface area contributed by atoms with Gasteiger partial charge in [0.15, 0.2) is 5.82 Å². The minimum absolute atomic E-state index is 0.0268. The quantitative estimate of drug-likeness (QED) is 0.0735. The Kier molecular flexibility index (Phi) is 16.1. The molecule has 2 aliphatic rings. The van der Waals surface area contributed by atoms with E-state index in [0.29, 0.717) is 25.4 Å². The molecule has 0 aliphatic carbocycles. The Hall–Kier alpha value is -5.66. The van der Waals surface area contributed by atoms with Gasteiger partial charge in [0, 0.05) is 48.7 Å². The minimum atomic E-state index is -0.980. The van der Waals surface area contributed by atoms with Crippen molar-refractivity contribution in [3.05, 3.63) is 104 Å². The summed E-state index contributed by atoms with van der Waals surface area (Å²) in [5.41, 5.74) is 9.14. The summed E-state index contributed by atoms with van der Waals surface area (Å²) in [6.07, 6.45) is -0.223. The number of aromatic nitrogens is 4. The van der Waals surface area contributed by atoms with E-state index in [1.54, 1.807) is 22.7 Å². The Bertz CT molecular complexity index is 2630. The molecule has 18 heteroatoms. The van der Waals surface area contributed by atoms with E-state index in [0.717, 1.165) is 60.5 Å². The average molecular weight is 966 g/mol. The zero-order valence-corrected chi connectivity index (χ0v) is 42.0. The number of ether oxygens (including phenoxy) is 2. The van der Waals surface area contributed by atoms with Crippen molar-refractivity contribution in [3.63, 3.8) is 0 Å². The van der Waals surface area contributed by atoms with Gasteiger partial charge in [-0.15, -0.1) is 32.9 Å². The fourth-order valence-corrected chi connectivity index (χ4v) is 10.5. The predicted molar refractivity (Wildman–Crippen MR) is 263 cm³/mol. The van der Waals surface area contributed by atoms with Gasteiger partial charge in [-0.05, 0) is 70.1 Å². The molecule has 5 atom stereocenters. The first-order chi connectivity index (χ1) is 32.4. The first-order valence-corrected chi connectivity index (χ1v) is 24.8. The lowest BCUT2D eigenvalue weighted by atomic mass is 9.85. The van der Waals surface area contributed by atoms with Gasteiger partial charge in [-0.2, -0.15) is 0 Å². The molecule has 2 unspecified atom stereocenters. The largest absolute Gasteiger partial charge is 0.391 e. The first kappa shape index (κ1) is 50.2. The number of carbonyl (C=O) groups is 4. The summed E-state index contributed by atoms with van der Waals surface area (Å²) in [4.78, 5) is 67.4. The fraction of sp³-hybridized carbons (Fsp3) is 0.480. The molecule has 0 radical (unpaired) electrons. The van der Waals surface area contributed by atoms with Gasteiger partial charge in [-0.25, -0.2) is 4.98 Å². The summed E-state index contributed by atoms with van der Waals surface area (Å²) in [5.74, 6) is -0.136. The number of aliphatic hydroxyl groups is 1. The van der Waals surface area contributed by atoms with E-state index in [1.165, 1.54) is 9.78 Å². The number of aliphatic hydroxyl groups excluding tert-OH is 1. The number of aryl methyl sites for hydroxylation is 4. The molecule has 16 nitrogen and oxygen atoms in total. The highest BCUT2D eigenvalue weighted by molar-refractivity contribution is 7.15. The Morgan fingerprint density at radius 1 is 0.897 bits per heavy atom. The fourth-order valence-electron chi connectivity index (χ4n) is 8.49. The number of carbonyl (C=O) groups excluding carboxylic acids is 4. The van der Waals surface area contributed by atoms with Crippen molar-refractivity contribution in [1.82, 2.24) is 40.6 Å². The van der Waals surface area contributed by atoms with Gasteiger partial charge in [0.2, 0.25) is 23.6 Å². The molecule has 0 spiro atoms. The third-order valence-electron chi connectivity index (χ3n) is 12.4. The van der Waals surface area contributed by atoms with E-state index in [9.17, 15) is 24.3 Å². The van der Waals surface area contributed by atoms with Gasteiger partial charge < -0.3 is 35.4 Å². The number of fused-ring (bicyclic) bond motifs is 3. The van der Waals surface area contributed by atoms with Gasteiger partial charge in [0.05, 0.1) is 47.0 Å². The summed E-state index contributed by atoms with van der Waals surface area (Å²) >= 11 is 3.25. The van der Waals surface area contributed by atoms with E-state index in [4.69, 9.17) is 14.5 Å².